The Hall–Kier alpha value is -2.56. The number of benzene rings is 1. The molecule has 0 atom stereocenters. The Morgan fingerprint density at radius 3 is 2.57 bits per heavy atom. The molecule has 1 fully saturated rings. The van der Waals surface area contributed by atoms with E-state index >= 15 is 0 Å². The Morgan fingerprint density at radius 2 is 1.91 bits per heavy atom. The van der Waals surface area contributed by atoms with Gasteiger partial charge in [-0.3, -0.25) is 9.59 Å². The predicted octanol–water partition coefficient (Wildman–Crippen LogP) is 2.53. The van der Waals surface area contributed by atoms with Crippen LogP contribution < -0.4 is 14.9 Å². The topological polar surface area (TPSA) is 57.5 Å². The quantitative estimate of drug-likeness (QED) is 0.737. The van der Waals surface area contributed by atoms with E-state index in [0.29, 0.717) is 29.6 Å². The van der Waals surface area contributed by atoms with Crippen molar-refractivity contribution in [2.45, 2.75) is 19.4 Å². The number of methoxy groups -OCH3 is 1. The molecule has 23 heavy (non-hydrogen) atoms. The third-order valence-electron chi connectivity index (χ3n) is 3.84. The number of nitrogens with zero attached hydrogens (tertiary/aromatic N) is 1. The van der Waals surface area contributed by atoms with E-state index in [1.54, 1.807) is 42.3 Å². The Bertz CT molecular complexity index is 741. The lowest BCUT2D eigenvalue weighted by molar-refractivity contribution is 0.0971. The van der Waals surface area contributed by atoms with E-state index in [4.69, 9.17) is 9.47 Å². The van der Waals surface area contributed by atoms with Crippen LogP contribution in [0.3, 0.4) is 0 Å². The number of carbonyl (C=O) groups is 1. The van der Waals surface area contributed by atoms with Crippen LogP contribution in [0.4, 0.5) is 0 Å². The van der Waals surface area contributed by atoms with Crippen molar-refractivity contribution in [1.29, 1.82) is 0 Å². The van der Waals surface area contributed by atoms with Crippen LogP contribution in [-0.4, -0.2) is 24.1 Å². The van der Waals surface area contributed by atoms with Crippen LogP contribution in [0.2, 0.25) is 0 Å². The Balaban J connectivity index is 1.74. The molecule has 0 saturated heterocycles. The van der Waals surface area contributed by atoms with E-state index in [1.165, 1.54) is 25.0 Å². The van der Waals surface area contributed by atoms with Gasteiger partial charge in [-0.05, 0) is 37.0 Å². The largest absolute Gasteiger partial charge is 0.493 e. The van der Waals surface area contributed by atoms with Gasteiger partial charge in [-0.15, -0.1) is 0 Å². The van der Waals surface area contributed by atoms with Gasteiger partial charge in [-0.2, -0.15) is 0 Å². The van der Waals surface area contributed by atoms with Crippen molar-refractivity contribution < 1.29 is 14.3 Å². The Kier molecular flexibility index (Phi) is 4.46. The predicted molar refractivity (Wildman–Crippen MR) is 86.2 cm³/mol. The zero-order valence-electron chi connectivity index (χ0n) is 13.0. The second-order valence-corrected chi connectivity index (χ2v) is 5.75. The lowest BCUT2D eigenvalue weighted by Gasteiger charge is -2.12. The molecule has 1 saturated carbocycles. The molecule has 120 valence electrons. The van der Waals surface area contributed by atoms with Crippen LogP contribution in [0.5, 0.6) is 11.5 Å². The van der Waals surface area contributed by atoms with Gasteiger partial charge >= 0.3 is 0 Å². The van der Waals surface area contributed by atoms with Crippen molar-refractivity contribution in [2.24, 2.45) is 5.92 Å². The zero-order valence-corrected chi connectivity index (χ0v) is 13.0. The van der Waals surface area contributed by atoms with Gasteiger partial charge in [0.15, 0.2) is 22.7 Å². The number of rotatable bonds is 7. The van der Waals surface area contributed by atoms with Gasteiger partial charge < -0.3 is 14.0 Å². The maximum atomic E-state index is 12.4. The van der Waals surface area contributed by atoms with Crippen molar-refractivity contribution in [3.05, 3.63) is 58.5 Å². The van der Waals surface area contributed by atoms with E-state index < -0.39 is 0 Å². The molecule has 1 heterocycles. The summed E-state index contributed by atoms with van der Waals surface area (Å²) >= 11 is 0. The van der Waals surface area contributed by atoms with E-state index in [2.05, 4.69) is 0 Å². The van der Waals surface area contributed by atoms with Crippen molar-refractivity contribution in [1.82, 2.24) is 4.57 Å². The standard InChI is InChI=1S/C18H19NO4/c1-22-17-5-4-14(10-18(17)23-12-13-2-3-13)16(21)11-19-8-6-15(20)7-9-19/h4-10,13H,2-3,11-12H2,1H3. The zero-order chi connectivity index (χ0) is 16.2. The summed E-state index contributed by atoms with van der Waals surface area (Å²) in [5.41, 5.74) is 0.490. The first-order chi connectivity index (χ1) is 11.2. The summed E-state index contributed by atoms with van der Waals surface area (Å²) in [6.07, 6.45) is 5.61. The first kappa shape index (κ1) is 15.3. The van der Waals surface area contributed by atoms with Gasteiger partial charge in [-0.25, -0.2) is 0 Å². The summed E-state index contributed by atoms with van der Waals surface area (Å²) in [5, 5.41) is 0. The van der Waals surface area contributed by atoms with E-state index in [9.17, 15) is 9.59 Å². The monoisotopic (exact) mass is 313 g/mol. The third-order valence-corrected chi connectivity index (χ3v) is 3.84. The molecule has 5 heteroatoms. The van der Waals surface area contributed by atoms with Gasteiger partial charge in [0, 0.05) is 30.1 Å². The highest BCUT2D eigenvalue weighted by atomic mass is 16.5. The number of ketones is 1. The number of hydrogen-bond donors (Lipinski definition) is 0. The molecule has 1 aliphatic carbocycles. The molecule has 5 nitrogen and oxygen atoms in total. The van der Waals surface area contributed by atoms with Crippen LogP contribution in [0, 0.1) is 5.92 Å². The van der Waals surface area contributed by atoms with Gasteiger partial charge in [0.25, 0.3) is 0 Å². The molecule has 0 aliphatic heterocycles. The minimum Gasteiger partial charge on any atom is -0.493 e. The molecule has 1 aliphatic rings. The van der Waals surface area contributed by atoms with E-state index in [-0.39, 0.29) is 17.8 Å². The molecule has 0 N–H and O–H groups in total. The molecule has 0 amide bonds. The maximum Gasteiger partial charge on any atom is 0.182 e. The molecule has 2 aromatic rings. The summed E-state index contributed by atoms with van der Waals surface area (Å²) in [4.78, 5) is 23.5. The van der Waals surface area contributed by atoms with Crippen LogP contribution in [0.15, 0.2) is 47.5 Å². The average molecular weight is 313 g/mol. The lowest BCUT2D eigenvalue weighted by atomic mass is 10.1. The molecule has 0 spiro atoms. The minimum atomic E-state index is -0.0751. The van der Waals surface area contributed by atoms with Gasteiger partial charge in [-0.1, -0.05) is 0 Å². The highest BCUT2D eigenvalue weighted by molar-refractivity contribution is 5.96. The fourth-order valence-corrected chi connectivity index (χ4v) is 2.26. The number of hydrogen-bond acceptors (Lipinski definition) is 4. The summed E-state index contributed by atoms with van der Waals surface area (Å²) in [6, 6.07) is 8.08. The normalized spacial score (nSPS) is 13.6. The first-order valence-electron chi connectivity index (χ1n) is 7.66. The van der Waals surface area contributed by atoms with Gasteiger partial charge in [0.1, 0.15) is 0 Å². The van der Waals surface area contributed by atoms with E-state index in [0.717, 1.165) is 0 Å². The molecular formula is C18H19NO4. The highest BCUT2D eigenvalue weighted by Crippen LogP contribution is 2.33. The summed E-state index contributed by atoms with van der Waals surface area (Å²) in [5.74, 6) is 1.81. The number of Topliss-reactive ketones (excluding diaryl/α,β-unsaturated/α-hetero) is 1. The first-order valence-corrected chi connectivity index (χ1v) is 7.66. The third kappa shape index (κ3) is 4.00. The molecular weight excluding hydrogens is 294 g/mol. The van der Waals surface area contributed by atoms with Crippen molar-refractivity contribution >= 4 is 5.78 Å². The summed E-state index contributed by atoms with van der Waals surface area (Å²) < 4.78 is 12.8. The SMILES string of the molecule is COc1ccc(C(=O)Cn2ccc(=O)cc2)cc1OCC1CC1. The molecule has 0 radical (unpaired) electrons. The summed E-state index contributed by atoms with van der Waals surface area (Å²) in [6.45, 7) is 0.836. The highest BCUT2D eigenvalue weighted by Gasteiger charge is 2.23. The molecule has 1 aromatic carbocycles. The average Bonchev–Trinajstić information content (AvgIpc) is 3.39. The number of aromatic nitrogens is 1. The smallest absolute Gasteiger partial charge is 0.182 e. The second kappa shape index (κ2) is 6.69. The number of ether oxygens (including phenoxy) is 2. The van der Waals surface area contributed by atoms with Gasteiger partial charge in [0.2, 0.25) is 0 Å². The Morgan fingerprint density at radius 1 is 1.17 bits per heavy atom. The fourth-order valence-electron chi connectivity index (χ4n) is 2.26. The van der Waals surface area contributed by atoms with Gasteiger partial charge in [0.05, 0.1) is 20.3 Å². The second-order valence-electron chi connectivity index (χ2n) is 5.75. The fraction of sp³-hybridized carbons (Fsp3) is 0.333. The molecule has 0 bridgehead atoms. The van der Waals surface area contributed by atoms with Crippen molar-refractivity contribution in [3.63, 3.8) is 0 Å². The van der Waals surface area contributed by atoms with Crippen LogP contribution in [-0.2, 0) is 6.54 Å². The van der Waals surface area contributed by atoms with E-state index in [1.807, 2.05) is 0 Å². The number of pyridine rings is 1. The van der Waals surface area contributed by atoms with Crippen molar-refractivity contribution in [3.8, 4) is 11.5 Å². The van der Waals surface area contributed by atoms with Crippen LogP contribution in [0.1, 0.15) is 23.2 Å². The van der Waals surface area contributed by atoms with Crippen LogP contribution in [0.25, 0.3) is 0 Å². The lowest BCUT2D eigenvalue weighted by Crippen LogP contribution is -2.12. The number of carbonyl (C=O) groups excluding carboxylic acids is 1. The molecule has 3 rings (SSSR count). The molecule has 0 unspecified atom stereocenters. The minimum absolute atomic E-state index is 0.0485. The summed E-state index contributed by atoms with van der Waals surface area (Å²) in [7, 11) is 1.58. The molecule has 1 aromatic heterocycles. The Labute approximate surface area is 134 Å². The maximum absolute atomic E-state index is 12.4. The van der Waals surface area contributed by atoms with Crippen molar-refractivity contribution in [2.75, 3.05) is 13.7 Å². The van der Waals surface area contributed by atoms with Crippen LogP contribution >= 0.6 is 0 Å².